The molecule has 0 bridgehead atoms. The van der Waals surface area contributed by atoms with Gasteiger partial charge >= 0.3 is 12.2 Å². The van der Waals surface area contributed by atoms with Gasteiger partial charge in [0.25, 0.3) is 0 Å². The predicted octanol–water partition coefficient (Wildman–Crippen LogP) is 3.58. The van der Waals surface area contributed by atoms with Crippen molar-refractivity contribution < 1.29 is 24.2 Å². The Labute approximate surface area is 163 Å². The molecule has 8 nitrogen and oxygen atoms in total. The van der Waals surface area contributed by atoms with Gasteiger partial charge in [0.05, 0.1) is 0 Å². The number of rotatable bonds is 4. The maximum atomic E-state index is 12.1. The van der Waals surface area contributed by atoms with E-state index in [1.165, 1.54) is 0 Å². The van der Waals surface area contributed by atoms with Crippen LogP contribution in [0.4, 0.5) is 9.59 Å². The van der Waals surface area contributed by atoms with Gasteiger partial charge in [-0.15, -0.1) is 4.99 Å². The number of aliphatic imine (C=N–C) groups is 1. The molecular weight excluding hydrogens is 350 g/mol. The Kier molecular flexibility index (Phi) is 8.30. The number of carbonyl (C=O) groups is 2. The van der Waals surface area contributed by atoms with Crippen molar-refractivity contribution in [2.75, 3.05) is 6.61 Å². The van der Waals surface area contributed by atoms with Gasteiger partial charge in [-0.25, -0.2) is 9.59 Å². The molecule has 8 heteroatoms. The topological polar surface area (TPSA) is 109 Å². The Morgan fingerprint density at radius 2 is 1.37 bits per heavy atom. The van der Waals surface area contributed by atoms with E-state index in [-0.39, 0.29) is 18.0 Å². The zero-order valence-electron chi connectivity index (χ0n) is 18.4. The molecule has 0 aliphatic heterocycles. The summed E-state index contributed by atoms with van der Waals surface area (Å²) in [5, 5.41) is 15.0. The quantitative estimate of drug-likeness (QED) is 0.502. The van der Waals surface area contributed by atoms with Crippen LogP contribution < -0.4 is 10.6 Å². The number of nitrogens with one attached hydrogen (secondary N) is 2. The highest BCUT2D eigenvalue weighted by Crippen LogP contribution is 2.27. The number of aliphatic hydroxyl groups is 1. The Hall–Kier alpha value is -1.83. The van der Waals surface area contributed by atoms with E-state index in [0.717, 1.165) is 0 Å². The summed E-state index contributed by atoms with van der Waals surface area (Å²) in [6.45, 7) is 18.0. The summed E-state index contributed by atoms with van der Waals surface area (Å²) in [6, 6.07) is 0. The molecule has 0 aromatic rings. The average Bonchev–Trinajstić information content (AvgIpc) is 2.31. The largest absolute Gasteiger partial charge is 0.444 e. The van der Waals surface area contributed by atoms with E-state index in [9.17, 15) is 14.7 Å². The molecule has 27 heavy (non-hydrogen) atoms. The normalized spacial score (nSPS) is 13.8. The van der Waals surface area contributed by atoms with Crippen molar-refractivity contribution in [2.24, 2.45) is 10.4 Å². The molecule has 0 aliphatic rings. The molecule has 0 fully saturated rings. The third-order valence-electron chi connectivity index (χ3n) is 3.02. The second kappa shape index (κ2) is 8.91. The van der Waals surface area contributed by atoms with E-state index < -0.39 is 28.9 Å². The zero-order chi connectivity index (χ0) is 21.7. The molecule has 0 spiro atoms. The van der Waals surface area contributed by atoms with E-state index in [2.05, 4.69) is 15.6 Å². The number of hydrogen-bond donors (Lipinski definition) is 3. The van der Waals surface area contributed by atoms with Crippen LogP contribution in [0.3, 0.4) is 0 Å². The second-order valence-electron chi connectivity index (χ2n) is 10.1. The van der Waals surface area contributed by atoms with Crippen molar-refractivity contribution in [2.45, 2.75) is 92.4 Å². The highest BCUT2D eigenvalue weighted by molar-refractivity contribution is 5.99. The highest BCUT2D eigenvalue weighted by atomic mass is 16.6. The van der Waals surface area contributed by atoms with Gasteiger partial charge in [-0.2, -0.15) is 0 Å². The molecule has 2 amide bonds. The molecule has 0 radical (unpaired) electrons. The second-order valence-corrected chi connectivity index (χ2v) is 10.1. The van der Waals surface area contributed by atoms with Gasteiger partial charge < -0.3 is 19.9 Å². The fourth-order valence-corrected chi connectivity index (χ4v) is 2.48. The summed E-state index contributed by atoms with van der Waals surface area (Å²) < 4.78 is 10.4. The minimum absolute atomic E-state index is 0.00382. The number of ether oxygens (including phenoxy) is 2. The Morgan fingerprint density at radius 1 is 0.889 bits per heavy atom. The average molecular weight is 388 g/mol. The fraction of sp³-hybridized carbons (Fsp3) is 0.842. The van der Waals surface area contributed by atoms with E-state index in [0.29, 0.717) is 6.42 Å². The smallest absolute Gasteiger partial charge is 0.437 e. The molecule has 0 atom stereocenters. The molecule has 0 aromatic heterocycles. The number of hydrogen-bond acceptors (Lipinski definition) is 5. The lowest BCUT2D eigenvalue weighted by atomic mass is 9.81. The standard InChI is InChI=1S/C19H37N3O5/c1-16(2,3)26-14(24)20-13(21-15(25)27-17(4,5)6)22-19(9,10)11-18(7,8)12-23/h23H,11-12H2,1-10H3,(H2,20,21,22,24,25). The van der Waals surface area contributed by atoms with Crippen LogP contribution in [0.5, 0.6) is 0 Å². The molecular formula is C19H37N3O5. The summed E-state index contributed by atoms with van der Waals surface area (Å²) in [5.41, 5.74) is -2.36. The first-order chi connectivity index (χ1) is 11.8. The van der Waals surface area contributed by atoms with Crippen molar-refractivity contribution >= 4 is 18.1 Å². The van der Waals surface area contributed by atoms with Crippen LogP contribution >= 0.6 is 0 Å². The van der Waals surface area contributed by atoms with Gasteiger partial charge in [0.15, 0.2) is 0 Å². The minimum atomic E-state index is -0.835. The van der Waals surface area contributed by atoms with Crippen LogP contribution in [0.2, 0.25) is 0 Å². The number of aliphatic hydroxyl groups excluding tert-OH is 1. The maximum Gasteiger partial charge on any atom is 0.437 e. The molecule has 3 N–H and O–H groups in total. The maximum absolute atomic E-state index is 12.1. The molecule has 0 heterocycles. The summed E-state index contributed by atoms with van der Waals surface area (Å²) in [6.07, 6.45) is -1.02. The Bertz CT molecular complexity index is 555. The molecule has 0 saturated carbocycles. The van der Waals surface area contributed by atoms with Gasteiger partial charge in [-0.3, -0.25) is 5.32 Å². The number of nitrogens with zero attached hydrogens (tertiary/aromatic N) is 1. The lowest BCUT2D eigenvalue weighted by Crippen LogP contribution is -2.53. The first-order valence-corrected chi connectivity index (χ1v) is 9.05. The van der Waals surface area contributed by atoms with Crippen LogP contribution in [0, 0.1) is 5.41 Å². The molecule has 0 saturated heterocycles. The summed E-state index contributed by atoms with van der Waals surface area (Å²) in [7, 11) is 0. The molecule has 0 aliphatic carbocycles. The minimum Gasteiger partial charge on any atom is -0.444 e. The lowest BCUT2D eigenvalue weighted by molar-refractivity contribution is 0.0558. The fourth-order valence-electron chi connectivity index (χ4n) is 2.48. The first kappa shape index (κ1) is 25.2. The first-order valence-electron chi connectivity index (χ1n) is 9.05. The van der Waals surface area contributed by atoms with Crippen molar-refractivity contribution in [3.8, 4) is 0 Å². The van der Waals surface area contributed by atoms with Crippen LogP contribution in [0.1, 0.15) is 75.7 Å². The van der Waals surface area contributed by atoms with E-state index >= 15 is 0 Å². The van der Waals surface area contributed by atoms with Gasteiger partial charge in [-0.05, 0) is 67.2 Å². The predicted molar refractivity (Wildman–Crippen MR) is 106 cm³/mol. The Morgan fingerprint density at radius 3 is 1.78 bits per heavy atom. The SMILES string of the molecule is CC(C)(CO)CC(C)(C)N/C(=N/C(=O)OC(C)(C)C)NC(=O)OC(C)(C)C. The van der Waals surface area contributed by atoms with Crippen molar-refractivity contribution in [1.82, 2.24) is 10.6 Å². The summed E-state index contributed by atoms with van der Waals surface area (Å²) >= 11 is 0. The van der Waals surface area contributed by atoms with Crippen LogP contribution in [-0.4, -0.2) is 46.6 Å². The molecule has 0 unspecified atom stereocenters. The van der Waals surface area contributed by atoms with Gasteiger partial charge in [0.2, 0.25) is 5.96 Å². The monoisotopic (exact) mass is 387 g/mol. The van der Waals surface area contributed by atoms with E-state index in [1.807, 2.05) is 27.7 Å². The van der Waals surface area contributed by atoms with Crippen LogP contribution in [-0.2, 0) is 9.47 Å². The van der Waals surface area contributed by atoms with Crippen LogP contribution in [0.15, 0.2) is 4.99 Å². The van der Waals surface area contributed by atoms with Gasteiger partial charge in [-0.1, -0.05) is 13.8 Å². The van der Waals surface area contributed by atoms with Crippen molar-refractivity contribution in [1.29, 1.82) is 0 Å². The number of alkyl carbamates (subject to hydrolysis) is 1. The summed E-state index contributed by atoms with van der Waals surface area (Å²) in [5.74, 6) is -0.0720. The molecule has 0 rings (SSSR count). The molecule has 0 aromatic carbocycles. The summed E-state index contributed by atoms with van der Waals surface area (Å²) in [4.78, 5) is 28.0. The zero-order valence-corrected chi connectivity index (χ0v) is 18.4. The van der Waals surface area contributed by atoms with E-state index in [1.54, 1.807) is 41.5 Å². The van der Waals surface area contributed by atoms with Crippen molar-refractivity contribution in [3.63, 3.8) is 0 Å². The third-order valence-corrected chi connectivity index (χ3v) is 3.02. The lowest BCUT2D eigenvalue weighted by Gasteiger charge is -2.35. The number of carbonyl (C=O) groups excluding carboxylic acids is 2. The van der Waals surface area contributed by atoms with Gasteiger partial charge in [0, 0.05) is 12.1 Å². The molecule has 158 valence electrons. The van der Waals surface area contributed by atoms with Crippen LogP contribution in [0.25, 0.3) is 0 Å². The van der Waals surface area contributed by atoms with Gasteiger partial charge in [0.1, 0.15) is 11.2 Å². The van der Waals surface area contributed by atoms with E-state index in [4.69, 9.17) is 9.47 Å². The number of guanidine groups is 1. The highest BCUT2D eigenvalue weighted by Gasteiger charge is 2.30. The number of amides is 2. The Balaban J connectivity index is 5.46. The third kappa shape index (κ3) is 13.1. The van der Waals surface area contributed by atoms with Crippen molar-refractivity contribution in [3.05, 3.63) is 0 Å².